The van der Waals surface area contributed by atoms with Gasteiger partial charge in [-0.1, -0.05) is 37.4 Å². The number of nitrogens with zero attached hydrogens (tertiary/aromatic N) is 5. The van der Waals surface area contributed by atoms with Crippen LogP contribution >= 0.6 is 11.6 Å². The molecule has 0 spiro atoms. The maximum Gasteiger partial charge on any atom is 0.343 e. The van der Waals surface area contributed by atoms with Crippen LogP contribution in [0.1, 0.15) is 73.6 Å². The van der Waals surface area contributed by atoms with E-state index in [9.17, 15) is 31.7 Å². The standard InChI is InChI=1S/C34H28ClF6N7O3S.C2H6/c1-16(49)4-5-20-6-7-21(22-8-9-24(35)26-29(22)47(2)45-32(26)46-52(3)51)27(42-20)25(14-17-12-18(36)15-19(37)13-17)43-33(50)48-30-23(10-11-34(30,40)41)28(44-48)31(38)39;1-2/h6-9,12-13,15-16,25,31,49H,10-11,14H2,1-3H3,(H,43,50)(H,45,46);1-2H3. The smallest absolute Gasteiger partial charge is 0.343 e. The van der Waals surface area contributed by atoms with Crippen molar-refractivity contribution in [3.8, 4) is 23.0 Å². The van der Waals surface area contributed by atoms with Crippen LogP contribution < -0.4 is 10.0 Å². The van der Waals surface area contributed by atoms with E-state index in [-0.39, 0.29) is 44.5 Å². The summed E-state index contributed by atoms with van der Waals surface area (Å²) in [5.41, 5.74) is -1.21. The number of anilines is 1. The van der Waals surface area contributed by atoms with E-state index in [0.29, 0.717) is 22.5 Å². The molecule has 18 heteroatoms. The number of carbonyl (C=O) groups excluding carboxylic acids is 1. The highest BCUT2D eigenvalue weighted by molar-refractivity contribution is 7.85. The fourth-order valence-electron chi connectivity index (χ4n) is 6.22. The molecule has 1 aliphatic carbocycles. The van der Waals surface area contributed by atoms with Gasteiger partial charge in [-0.15, -0.1) is 0 Å². The van der Waals surface area contributed by atoms with E-state index < -0.39 is 82.9 Å². The minimum atomic E-state index is -3.66. The fourth-order valence-corrected chi connectivity index (χ4v) is 6.88. The highest BCUT2D eigenvalue weighted by Crippen LogP contribution is 2.45. The van der Waals surface area contributed by atoms with E-state index >= 15 is 8.78 Å². The molecule has 6 rings (SSSR count). The average molecular weight is 794 g/mol. The molecule has 54 heavy (non-hydrogen) atoms. The molecule has 1 aliphatic rings. The summed E-state index contributed by atoms with van der Waals surface area (Å²) in [6.45, 7) is 5.41. The second-order valence-electron chi connectivity index (χ2n) is 12.0. The Hall–Kier alpha value is -4.92. The van der Waals surface area contributed by atoms with Crippen LogP contribution in [0.25, 0.3) is 22.0 Å². The molecule has 3 aromatic heterocycles. The van der Waals surface area contributed by atoms with Gasteiger partial charge in [-0.25, -0.2) is 31.5 Å². The summed E-state index contributed by atoms with van der Waals surface area (Å²) in [6, 6.07) is 6.10. The highest BCUT2D eigenvalue weighted by Gasteiger charge is 2.47. The zero-order chi connectivity index (χ0) is 39.6. The number of benzene rings is 2. The Bertz CT molecular complexity index is 2300. The molecule has 2 aromatic carbocycles. The number of aliphatic hydroxyl groups excluding tert-OH is 1. The van der Waals surface area contributed by atoms with E-state index in [1.165, 1.54) is 30.0 Å². The van der Waals surface area contributed by atoms with Gasteiger partial charge >= 0.3 is 6.03 Å². The molecule has 3 atom stereocenters. The lowest BCUT2D eigenvalue weighted by atomic mass is 9.94. The number of aliphatic hydroxyl groups is 1. The Balaban J connectivity index is 0.00000276. The molecule has 1 amide bonds. The van der Waals surface area contributed by atoms with Crippen molar-refractivity contribution in [2.75, 3.05) is 11.0 Å². The van der Waals surface area contributed by atoms with Gasteiger partial charge in [0.1, 0.15) is 45.8 Å². The highest BCUT2D eigenvalue weighted by atomic mass is 35.5. The van der Waals surface area contributed by atoms with Crippen molar-refractivity contribution in [2.45, 2.75) is 64.5 Å². The number of rotatable bonds is 8. The number of halogens is 7. The predicted molar refractivity (Wildman–Crippen MR) is 193 cm³/mol. The van der Waals surface area contributed by atoms with Crippen LogP contribution in [-0.2, 0) is 36.8 Å². The summed E-state index contributed by atoms with van der Waals surface area (Å²) in [5, 5.41) is 20.9. The van der Waals surface area contributed by atoms with Gasteiger partial charge in [-0.3, -0.25) is 9.40 Å². The summed E-state index contributed by atoms with van der Waals surface area (Å²) in [4.78, 5) is 18.6. The second-order valence-corrected chi connectivity index (χ2v) is 13.6. The number of amides is 1. The number of nitrogens with one attached hydrogen (secondary N) is 2. The molecular weight excluding hydrogens is 760 g/mol. The molecule has 10 nitrogen and oxygen atoms in total. The van der Waals surface area contributed by atoms with Crippen LogP contribution in [0.4, 0.5) is 37.0 Å². The lowest BCUT2D eigenvalue weighted by Gasteiger charge is -2.23. The van der Waals surface area contributed by atoms with E-state index in [0.717, 1.165) is 12.1 Å². The molecule has 3 heterocycles. The van der Waals surface area contributed by atoms with Crippen LogP contribution in [0.2, 0.25) is 5.02 Å². The molecule has 3 unspecified atom stereocenters. The third-order valence-corrected chi connectivity index (χ3v) is 9.04. The van der Waals surface area contributed by atoms with Gasteiger partial charge in [0.2, 0.25) is 0 Å². The quantitative estimate of drug-likeness (QED) is 0.109. The monoisotopic (exact) mass is 793 g/mol. The third kappa shape index (κ3) is 8.25. The molecule has 0 radical (unpaired) electrons. The third-order valence-electron chi connectivity index (χ3n) is 8.24. The van der Waals surface area contributed by atoms with Crippen LogP contribution in [0, 0.1) is 23.5 Å². The van der Waals surface area contributed by atoms with Crippen molar-refractivity contribution in [1.29, 1.82) is 0 Å². The first kappa shape index (κ1) is 40.3. The number of fused-ring (bicyclic) bond motifs is 2. The first-order chi connectivity index (χ1) is 25.5. The maximum absolute atomic E-state index is 15.1. The number of carbonyl (C=O) groups is 1. The molecular formula is C36H34ClF6N7O3S. The Morgan fingerprint density at radius 2 is 1.74 bits per heavy atom. The molecule has 0 bridgehead atoms. The predicted octanol–water partition coefficient (Wildman–Crippen LogP) is 7.74. The first-order valence-corrected chi connectivity index (χ1v) is 18.5. The second kappa shape index (κ2) is 16.2. The fraction of sp³-hybridized carbons (Fsp3) is 0.333. The van der Waals surface area contributed by atoms with Gasteiger partial charge in [0.25, 0.3) is 12.3 Å². The summed E-state index contributed by atoms with van der Waals surface area (Å²) >= 11 is 6.58. The van der Waals surface area contributed by atoms with Crippen molar-refractivity contribution < 1.29 is 40.5 Å². The van der Waals surface area contributed by atoms with Gasteiger partial charge in [0, 0.05) is 42.5 Å². The zero-order valence-electron chi connectivity index (χ0n) is 29.4. The van der Waals surface area contributed by atoms with Crippen molar-refractivity contribution in [3.05, 3.63) is 93.0 Å². The van der Waals surface area contributed by atoms with Crippen LogP contribution in [0.5, 0.6) is 0 Å². The SMILES string of the molecule is CC.CC(O)C#Cc1ccc(-c2ccc(Cl)c3c(NS(C)=O)nn(C)c23)c(C(Cc2cc(F)cc(F)c2)NC(=O)n2nc(C(F)F)c3c2C(F)(F)CC3)n1. The Morgan fingerprint density at radius 3 is 2.37 bits per heavy atom. The van der Waals surface area contributed by atoms with E-state index in [1.807, 2.05) is 13.8 Å². The van der Waals surface area contributed by atoms with Crippen molar-refractivity contribution in [2.24, 2.45) is 7.05 Å². The lowest BCUT2D eigenvalue weighted by molar-refractivity contribution is -0.00911. The Morgan fingerprint density at radius 1 is 1.07 bits per heavy atom. The number of aryl methyl sites for hydroxylation is 1. The van der Waals surface area contributed by atoms with Gasteiger partial charge in [-0.05, 0) is 61.6 Å². The summed E-state index contributed by atoms with van der Waals surface area (Å²) in [5.74, 6) is -0.106. The Labute approximate surface area is 313 Å². The van der Waals surface area contributed by atoms with Crippen LogP contribution in [0.15, 0.2) is 42.5 Å². The molecule has 0 saturated heterocycles. The van der Waals surface area contributed by atoms with Crippen molar-refractivity contribution in [3.63, 3.8) is 0 Å². The molecule has 286 valence electrons. The molecule has 0 fully saturated rings. The summed E-state index contributed by atoms with van der Waals surface area (Å²) in [7, 11) is 0.0443. The lowest BCUT2D eigenvalue weighted by Crippen LogP contribution is -2.37. The largest absolute Gasteiger partial charge is 0.381 e. The van der Waals surface area contributed by atoms with Gasteiger partial charge in [-0.2, -0.15) is 23.7 Å². The van der Waals surface area contributed by atoms with Crippen molar-refractivity contribution in [1.82, 2.24) is 29.9 Å². The minimum Gasteiger partial charge on any atom is -0.381 e. The number of pyridine rings is 1. The molecule has 5 aromatic rings. The molecule has 3 N–H and O–H groups in total. The number of alkyl halides is 4. The summed E-state index contributed by atoms with van der Waals surface area (Å²) in [6.07, 6.45) is -4.56. The first-order valence-electron chi connectivity index (χ1n) is 16.5. The number of aromatic nitrogens is 5. The van der Waals surface area contributed by atoms with Crippen LogP contribution in [-0.4, -0.2) is 52.3 Å². The van der Waals surface area contributed by atoms with Crippen LogP contribution in [0.3, 0.4) is 0 Å². The zero-order valence-corrected chi connectivity index (χ0v) is 31.0. The van der Waals surface area contributed by atoms with E-state index in [4.69, 9.17) is 11.6 Å². The minimum absolute atomic E-state index is 0.00143. The maximum atomic E-state index is 15.1. The molecule has 0 saturated carbocycles. The summed E-state index contributed by atoms with van der Waals surface area (Å²) < 4.78 is 103. The van der Waals surface area contributed by atoms with Gasteiger partial charge in [0.05, 0.1) is 27.7 Å². The molecule has 0 aliphatic heterocycles. The normalized spacial score (nSPS) is 14.8. The average Bonchev–Trinajstić information content (AvgIpc) is 3.75. The number of hydrogen-bond acceptors (Lipinski definition) is 6. The van der Waals surface area contributed by atoms with Gasteiger partial charge < -0.3 is 10.4 Å². The Kier molecular flexibility index (Phi) is 12.1. The topological polar surface area (TPSA) is 127 Å². The van der Waals surface area contributed by atoms with E-state index in [1.54, 1.807) is 19.2 Å². The number of hydrogen-bond donors (Lipinski definition) is 3. The van der Waals surface area contributed by atoms with E-state index in [2.05, 4.69) is 37.1 Å². The van der Waals surface area contributed by atoms with Crippen molar-refractivity contribution >= 4 is 45.3 Å². The van der Waals surface area contributed by atoms with Gasteiger partial charge in [0.15, 0.2) is 5.82 Å².